The fourth-order valence-electron chi connectivity index (χ4n) is 2.24. The van der Waals surface area contributed by atoms with Crippen LogP contribution in [0.1, 0.15) is 16.1 Å². The Hall–Kier alpha value is -2.76. The molecule has 0 aliphatic heterocycles. The van der Waals surface area contributed by atoms with Crippen molar-refractivity contribution in [3.05, 3.63) is 41.9 Å². The molecule has 3 rings (SSSR count). The quantitative estimate of drug-likeness (QED) is 0.622. The number of carbonyl (C=O) groups excluding carboxylic acids is 1. The number of hydrogen-bond donors (Lipinski definition) is 3. The standard InChI is InChI=1S/C14H15N5O/c1-8-13(7-19(2)18-8)17-14(20)11-6-16-12-4-3-9(15)5-10(11)12/h3-7,16H,15H2,1-2H3,(H,17,20). The lowest BCUT2D eigenvalue weighted by atomic mass is 10.1. The molecular weight excluding hydrogens is 254 g/mol. The summed E-state index contributed by atoms with van der Waals surface area (Å²) in [7, 11) is 1.81. The average Bonchev–Trinajstić information content (AvgIpc) is 2.93. The van der Waals surface area contributed by atoms with Crippen LogP contribution in [0.25, 0.3) is 10.9 Å². The predicted molar refractivity (Wildman–Crippen MR) is 78.6 cm³/mol. The molecule has 2 heterocycles. The number of aryl methyl sites for hydroxylation is 2. The van der Waals surface area contributed by atoms with Crippen molar-refractivity contribution in [1.82, 2.24) is 14.8 Å². The van der Waals surface area contributed by atoms with Gasteiger partial charge in [0, 0.05) is 36.0 Å². The van der Waals surface area contributed by atoms with Crippen LogP contribution in [0.4, 0.5) is 11.4 Å². The molecule has 2 aromatic heterocycles. The number of amides is 1. The molecule has 20 heavy (non-hydrogen) atoms. The number of benzene rings is 1. The van der Waals surface area contributed by atoms with Crippen LogP contribution in [0.2, 0.25) is 0 Å². The lowest BCUT2D eigenvalue weighted by molar-refractivity contribution is 0.102. The monoisotopic (exact) mass is 269 g/mol. The van der Waals surface area contributed by atoms with E-state index in [0.717, 1.165) is 16.6 Å². The van der Waals surface area contributed by atoms with Gasteiger partial charge in [-0.1, -0.05) is 0 Å². The van der Waals surface area contributed by atoms with E-state index in [9.17, 15) is 4.79 Å². The highest BCUT2D eigenvalue weighted by molar-refractivity contribution is 6.13. The molecule has 0 bridgehead atoms. The van der Waals surface area contributed by atoms with Gasteiger partial charge in [0.2, 0.25) is 0 Å². The Morgan fingerprint density at radius 1 is 1.45 bits per heavy atom. The third-order valence-electron chi connectivity index (χ3n) is 3.21. The van der Waals surface area contributed by atoms with Crippen molar-refractivity contribution < 1.29 is 4.79 Å². The Morgan fingerprint density at radius 2 is 2.25 bits per heavy atom. The Balaban J connectivity index is 1.96. The first-order chi connectivity index (χ1) is 9.54. The summed E-state index contributed by atoms with van der Waals surface area (Å²) in [5, 5.41) is 7.87. The van der Waals surface area contributed by atoms with Crippen molar-refractivity contribution in [3.63, 3.8) is 0 Å². The third-order valence-corrected chi connectivity index (χ3v) is 3.21. The predicted octanol–water partition coefficient (Wildman–Crippen LogP) is 2.04. The number of H-pyrrole nitrogens is 1. The van der Waals surface area contributed by atoms with Crippen LogP contribution >= 0.6 is 0 Å². The van der Waals surface area contributed by atoms with Crippen molar-refractivity contribution >= 4 is 28.2 Å². The summed E-state index contributed by atoms with van der Waals surface area (Å²) in [6, 6.07) is 5.44. The number of carbonyl (C=O) groups is 1. The minimum atomic E-state index is -0.182. The van der Waals surface area contributed by atoms with Crippen molar-refractivity contribution in [2.75, 3.05) is 11.1 Å². The van der Waals surface area contributed by atoms with Crippen LogP contribution in [0.15, 0.2) is 30.6 Å². The van der Waals surface area contributed by atoms with Crippen molar-refractivity contribution in [1.29, 1.82) is 0 Å². The van der Waals surface area contributed by atoms with Crippen LogP contribution in [0.3, 0.4) is 0 Å². The Bertz CT molecular complexity index is 799. The Kier molecular flexibility index (Phi) is 2.71. The van der Waals surface area contributed by atoms with Crippen LogP contribution in [0.5, 0.6) is 0 Å². The number of nitrogens with zero attached hydrogens (tertiary/aromatic N) is 2. The molecule has 1 aromatic carbocycles. The zero-order chi connectivity index (χ0) is 14.3. The lowest BCUT2D eigenvalue weighted by Gasteiger charge is -2.02. The van der Waals surface area contributed by atoms with E-state index in [4.69, 9.17) is 5.73 Å². The van der Waals surface area contributed by atoms with Gasteiger partial charge < -0.3 is 16.0 Å². The average molecular weight is 269 g/mol. The number of nitrogens with two attached hydrogens (primary N) is 1. The van der Waals surface area contributed by atoms with Gasteiger partial charge >= 0.3 is 0 Å². The summed E-state index contributed by atoms with van der Waals surface area (Å²) in [5.74, 6) is -0.182. The number of aromatic nitrogens is 3. The first kappa shape index (κ1) is 12.3. The molecule has 6 heteroatoms. The molecule has 1 amide bonds. The number of rotatable bonds is 2. The van der Waals surface area contributed by atoms with Crippen LogP contribution in [0, 0.1) is 6.92 Å². The molecule has 0 aliphatic rings. The van der Waals surface area contributed by atoms with E-state index in [-0.39, 0.29) is 5.91 Å². The van der Waals surface area contributed by atoms with Gasteiger partial charge in [0.25, 0.3) is 5.91 Å². The molecule has 0 spiro atoms. The molecule has 0 atom stereocenters. The zero-order valence-electron chi connectivity index (χ0n) is 11.3. The maximum atomic E-state index is 12.4. The highest BCUT2D eigenvalue weighted by Gasteiger charge is 2.14. The highest BCUT2D eigenvalue weighted by atomic mass is 16.1. The third kappa shape index (κ3) is 2.01. The minimum Gasteiger partial charge on any atom is -0.399 e. The normalized spacial score (nSPS) is 10.9. The topological polar surface area (TPSA) is 88.7 Å². The summed E-state index contributed by atoms with van der Waals surface area (Å²) in [5.41, 5.74) is 9.33. The van der Waals surface area contributed by atoms with E-state index in [1.54, 1.807) is 29.2 Å². The van der Waals surface area contributed by atoms with Crippen molar-refractivity contribution in [2.45, 2.75) is 6.92 Å². The van der Waals surface area contributed by atoms with Gasteiger partial charge in [0.05, 0.1) is 16.9 Å². The fraction of sp³-hybridized carbons (Fsp3) is 0.143. The van der Waals surface area contributed by atoms with Crippen LogP contribution in [-0.4, -0.2) is 20.7 Å². The zero-order valence-corrected chi connectivity index (χ0v) is 11.3. The molecule has 0 saturated heterocycles. The van der Waals surface area contributed by atoms with E-state index in [1.165, 1.54) is 0 Å². The molecule has 0 saturated carbocycles. The minimum absolute atomic E-state index is 0.182. The summed E-state index contributed by atoms with van der Waals surface area (Å²) in [6.07, 6.45) is 3.46. The van der Waals surface area contributed by atoms with Gasteiger partial charge in [0.1, 0.15) is 0 Å². The van der Waals surface area contributed by atoms with E-state index < -0.39 is 0 Å². The molecule has 4 N–H and O–H groups in total. The van der Waals surface area contributed by atoms with Gasteiger partial charge in [-0.25, -0.2) is 0 Å². The number of anilines is 2. The highest BCUT2D eigenvalue weighted by Crippen LogP contribution is 2.22. The largest absolute Gasteiger partial charge is 0.399 e. The number of nitrogen functional groups attached to an aromatic ring is 1. The molecule has 0 radical (unpaired) electrons. The van der Waals surface area contributed by atoms with Gasteiger partial charge in [-0.05, 0) is 25.1 Å². The fourth-order valence-corrected chi connectivity index (χ4v) is 2.24. The van der Waals surface area contributed by atoms with Crippen LogP contribution < -0.4 is 11.1 Å². The summed E-state index contributed by atoms with van der Waals surface area (Å²) >= 11 is 0. The smallest absolute Gasteiger partial charge is 0.257 e. The van der Waals surface area contributed by atoms with E-state index in [2.05, 4.69) is 15.4 Å². The van der Waals surface area contributed by atoms with Crippen molar-refractivity contribution in [3.8, 4) is 0 Å². The second-order valence-electron chi connectivity index (χ2n) is 4.76. The second kappa shape index (κ2) is 4.41. The molecular formula is C14H15N5O. The second-order valence-corrected chi connectivity index (χ2v) is 4.76. The number of fused-ring (bicyclic) bond motifs is 1. The Labute approximate surface area is 115 Å². The first-order valence-electron chi connectivity index (χ1n) is 6.23. The van der Waals surface area contributed by atoms with E-state index in [1.807, 2.05) is 20.0 Å². The van der Waals surface area contributed by atoms with E-state index in [0.29, 0.717) is 16.9 Å². The molecule has 102 valence electrons. The van der Waals surface area contributed by atoms with E-state index >= 15 is 0 Å². The van der Waals surface area contributed by atoms with Gasteiger partial charge in [-0.3, -0.25) is 9.48 Å². The molecule has 3 aromatic rings. The Morgan fingerprint density at radius 3 is 2.95 bits per heavy atom. The summed E-state index contributed by atoms with van der Waals surface area (Å²) in [4.78, 5) is 15.4. The number of hydrogen-bond acceptors (Lipinski definition) is 3. The van der Waals surface area contributed by atoms with Gasteiger partial charge in [-0.2, -0.15) is 5.10 Å². The van der Waals surface area contributed by atoms with Gasteiger partial charge in [-0.15, -0.1) is 0 Å². The summed E-state index contributed by atoms with van der Waals surface area (Å²) < 4.78 is 1.66. The molecule has 0 aliphatic carbocycles. The SMILES string of the molecule is Cc1nn(C)cc1NC(=O)c1c[nH]c2ccc(N)cc12. The van der Waals surface area contributed by atoms with Crippen LogP contribution in [-0.2, 0) is 7.05 Å². The lowest BCUT2D eigenvalue weighted by Crippen LogP contribution is -2.11. The van der Waals surface area contributed by atoms with Gasteiger partial charge in [0.15, 0.2) is 0 Å². The molecule has 6 nitrogen and oxygen atoms in total. The maximum absolute atomic E-state index is 12.4. The molecule has 0 fully saturated rings. The molecule has 0 unspecified atom stereocenters. The maximum Gasteiger partial charge on any atom is 0.257 e. The number of aromatic amines is 1. The number of nitrogens with one attached hydrogen (secondary N) is 2. The van der Waals surface area contributed by atoms with Crippen molar-refractivity contribution in [2.24, 2.45) is 7.05 Å². The summed E-state index contributed by atoms with van der Waals surface area (Å²) in [6.45, 7) is 1.85. The first-order valence-corrected chi connectivity index (χ1v) is 6.23.